The molecular weight excluding hydrogens is 180 g/mol. The molecule has 3 atom stereocenters. The van der Waals surface area contributed by atoms with Crippen molar-refractivity contribution >= 4 is 0 Å². The van der Waals surface area contributed by atoms with Crippen molar-refractivity contribution < 1.29 is 0 Å². The zero-order chi connectivity index (χ0) is 11.5. The Morgan fingerprint density at radius 2 is 1.87 bits per heavy atom. The van der Waals surface area contributed by atoms with Gasteiger partial charge in [-0.15, -0.1) is 0 Å². The van der Waals surface area contributed by atoms with E-state index in [0.717, 1.165) is 17.8 Å². The predicted molar refractivity (Wildman–Crippen MR) is 69.0 cm³/mol. The van der Waals surface area contributed by atoms with Gasteiger partial charge >= 0.3 is 0 Å². The van der Waals surface area contributed by atoms with E-state index in [1.807, 2.05) is 0 Å². The molecule has 0 saturated heterocycles. The van der Waals surface area contributed by atoms with Crippen molar-refractivity contribution in [3.8, 4) is 0 Å². The van der Waals surface area contributed by atoms with E-state index in [2.05, 4.69) is 34.6 Å². The van der Waals surface area contributed by atoms with Crippen LogP contribution in [0, 0.1) is 23.2 Å². The van der Waals surface area contributed by atoms with Crippen molar-refractivity contribution in [2.45, 2.75) is 73.1 Å². The fourth-order valence-corrected chi connectivity index (χ4v) is 3.03. The van der Waals surface area contributed by atoms with Crippen LogP contribution >= 0.6 is 0 Å². The molecule has 15 heavy (non-hydrogen) atoms. The molecule has 1 rings (SSSR count). The molecule has 0 N–H and O–H groups in total. The molecule has 0 bridgehead atoms. The summed E-state index contributed by atoms with van der Waals surface area (Å²) >= 11 is 0. The molecule has 90 valence electrons. The maximum Gasteiger partial charge on any atom is -0.0354 e. The first-order chi connectivity index (χ1) is 6.93. The zero-order valence-corrected chi connectivity index (χ0v) is 11.5. The van der Waals surface area contributed by atoms with Gasteiger partial charge < -0.3 is 0 Å². The average molecular weight is 210 g/mol. The van der Waals surface area contributed by atoms with E-state index >= 15 is 0 Å². The minimum atomic E-state index is 0.536. The molecule has 0 spiro atoms. The van der Waals surface area contributed by atoms with Gasteiger partial charge in [-0.3, -0.25) is 0 Å². The van der Waals surface area contributed by atoms with Crippen LogP contribution in [-0.4, -0.2) is 0 Å². The summed E-state index contributed by atoms with van der Waals surface area (Å²) in [5.74, 6) is 2.94. The Balaban J connectivity index is 2.42. The van der Waals surface area contributed by atoms with Crippen LogP contribution in [0.5, 0.6) is 0 Å². The Morgan fingerprint density at radius 1 is 1.20 bits per heavy atom. The molecule has 0 amide bonds. The predicted octanol–water partition coefficient (Wildman–Crippen LogP) is 5.28. The van der Waals surface area contributed by atoms with E-state index < -0.39 is 0 Å². The molecule has 1 saturated carbocycles. The summed E-state index contributed by atoms with van der Waals surface area (Å²) in [5, 5.41) is 0. The zero-order valence-electron chi connectivity index (χ0n) is 11.5. The molecule has 1 aliphatic carbocycles. The van der Waals surface area contributed by atoms with Crippen LogP contribution in [0.15, 0.2) is 0 Å². The largest absolute Gasteiger partial charge is 0.0651 e. The normalized spacial score (nSPS) is 30.2. The molecule has 1 fully saturated rings. The maximum absolute atomic E-state index is 2.42. The summed E-state index contributed by atoms with van der Waals surface area (Å²) in [6.07, 6.45) is 8.77. The fourth-order valence-electron chi connectivity index (χ4n) is 3.03. The Morgan fingerprint density at radius 3 is 2.40 bits per heavy atom. The van der Waals surface area contributed by atoms with Gasteiger partial charge in [-0.05, 0) is 42.4 Å². The van der Waals surface area contributed by atoms with Gasteiger partial charge in [-0.1, -0.05) is 53.9 Å². The highest BCUT2D eigenvalue weighted by Gasteiger charge is 2.30. The monoisotopic (exact) mass is 210 g/mol. The first-order valence-electron chi connectivity index (χ1n) is 6.93. The van der Waals surface area contributed by atoms with Crippen LogP contribution in [0.4, 0.5) is 0 Å². The van der Waals surface area contributed by atoms with Crippen LogP contribution in [0.2, 0.25) is 0 Å². The lowest BCUT2D eigenvalue weighted by Crippen LogP contribution is -2.27. The molecule has 0 radical (unpaired) electrons. The minimum absolute atomic E-state index is 0.536. The standard InChI is InChI=1S/C15H30/c1-6-12(2)10-13-8-7-9-14(11-13)15(3,4)5/h12-14H,6-11H2,1-5H3. The Labute approximate surface area is 96.8 Å². The molecular formula is C15H30. The molecule has 3 unspecified atom stereocenters. The molecule has 0 aromatic heterocycles. The molecule has 0 nitrogen and oxygen atoms in total. The topological polar surface area (TPSA) is 0 Å². The Kier molecular flexibility index (Phi) is 4.67. The third kappa shape index (κ3) is 4.17. The van der Waals surface area contributed by atoms with Crippen LogP contribution in [-0.2, 0) is 0 Å². The van der Waals surface area contributed by atoms with Crippen molar-refractivity contribution in [3.05, 3.63) is 0 Å². The number of rotatable bonds is 3. The quantitative estimate of drug-likeness (QED) is 0.595. The van der Waals surface area contributed by atoms with Crippen molar-refractivity contribution in [2.75, 3.05) is 0 Å². The first kappa shape index (κ1) is 13.1. The highest BCUT2D eigenvalue weighted by Crippen LogP contribution is 2.42. The van der Waals surface area contributed by atoms with Gasteiger partial charge in [-0.2, -0.15) is 0 Å². The van der Waals surface area contributed by atoms with Crippen molar-refractivity contribution in [1.29, 1.82) is 0 Å². The van der Waals surface area contributed by atoms with E-state index in [4.69, 9.17) is 0 Å². The molecule has 0 heterocycles. The van der Waals surface area contributed by atoms with E-state index in [-0.39, 0.29) is 0 Å². The van der Waals surface area contributed by atoms with E-state index in [1.165, 1.54) is 38.5 Å². The molecule has 0 aliphatic heterocycles. The molecule has 0 heteroatoms. The second-order valence-corrected chi connectivity index (χ2v) is 6.84. The number of hydrogen-bond acceptors (Lipinski definition) is 0. The summed E-state index contributed by atoms with van der Waals surface area (Å²) in [6.45, 7) is 12.0. The van der Waals surface area contributed by atoms with E-state index in [0.29, 0.717) is 5.41 Å². The van der Waals surface area contributed by atoms with Crippen molar-refractivity contribution in [1.82, 2.24) is 0 Å². The lowest BCUT2D eigenvalue weighted by atomic mass is 9.67. The third-order valence-corrected chi connectivity index (χ3v) is 4.44. The van der Waals surface area contributed by atoms with E-state index in [1.54, 1.807) is 0 Å². The van der Waals surface area contributed by atoms with Gasteiger partial charge in [0.2, 0.25) is 0 Å². The van der Waals surface area contributed by atoms with Gasteiger partial charge in [0.1, 0.15) is 0 Å². The second kappa shape index (κ2) is 5.37. The second-order valence-electron chi connectivity index (χ2n) is 6.84. The SMILES string of the molecule is CCC(C)CC1CCCC(C(C)(C)C)C1. The van der Waals surface area contributed by atoms with Gasteiger partial charge in [0.15, 0.2) is 0 Å². The van der Waals surface area contributed by atoms with Crippen LogP contribution in [0.25, 0.3) is 0 Å². The fraction of sp³-hybridized carbons (Fsp3) is 1.00. The summed E-state index contributed by atoms with van der Waals surface area (Å²) in [5.41, 5.74) is 0.536. The van der Waals surface area contributed by atoms with Crippen molar-refractivity contribution in [2.24, 2.45) is 23.2 Å². The van der Waals surface area contributed by atoms with Crippen LogP contribution < -0.4 is 0 Å². The average Bonchev–Trinajstić information content (AvgIpc) is 2.17. The van der Waals surface area contributed by atoms with Gasteiger partial charge in [-0.25, -0.2) is 0 Å². The Hall–Kier alpha value is 0. The summed E-state index contributed by atoms with van der Waals surface area (Å²) in [6, 6.07) is 0. The molecule has 0 aromatic carbocycles. The lowest BCUT2D eigenvalue weighted by Gasteiger charge is -2.38. The highest BCUT2D eigenvalue weighted by molar-refractivity contribution is 4.81. The van der Waals surface area contributed by atoms with Crippen molar-refractivity contribution in [3.63, 3.8) is 0 Å². The highest BCUT2D eigenvalue weighted by atomic mass is 14.4. The third-order valence-electron chi connectivity index (χ3n) is 4.44. The minimum Gasteiger partial charge on any atom is -0.0651 e. The smallest absolute Gasteiger partial charge is 0.0354 e. The van der Waals surface area contributed by atoms with Gasteiger partial charge in [0.05, 0.1) is 0 Å². The summed E-state index contributed by atoms with van der Waals surface area (Å²) in [4.78, 5) is 0. The van der Waals surface area contributed by atoms with Gasteiger partial charge in [0.25, 0.3) is 0 Å². The molecule has 0 aromatic rings. The summed E-state index contributed by atoms with van der Waals surface area (Å²) < 4.78 is 0. The molecule has 1 aliphatic rings. The van der Waals surface area contributed by atoms with E-state index in [9.17, 15) is 0 Å². The number of hydrogen-bond donors (Lipinski definition) is 0. The van der Waals surface area contributed by atoms with Gasteiger partial charge in [0, 0.05) is 0 Å². The lowest BCUT2D eigenvalue weighted by molar-refractivity contribution is 0.129. The Bertz CT molecular complexity index is 175. The summed E-state index contributed by atoms with van der Waals surface area (Å²) in [7, 11) is 0. The maximum atomic E-state index is 2.42. The first-order valence-corrected chi connectivity index (χ1v) is 6.93. The van der Waals surface area contributed by atoms with Crippen LogP contribution in [0.3, 0.4) is 0 Å². The van der Waals surface area contributed by atoms with Crippen LogP contribution in [0.1, 0.15) is 73.1 Å².